The number of aliphatic imine (C=N–C) groups is 1. The standard InChI is InChI=1S/C21H23N5O4/c27-18(26-20-14(5-2-11-23-20)8-9-19(28)29)13-24-21(30)15-4-1-6-16(12-15)25-17-7-3-10-22-17/h1-2,4-6,11-12H,3,7-10,13H2,(H,22,25)(H,24,30)(H,28,29)(H,23,26,27). The highest BCUT2D eigenvalue weighted by molar-refractivity contribution is 6.01. The molecule has 2 heterocycles. The van der Waals surface area contributed by atoms with Gasteiger partial charge in [-0.25, -0.2) is 4.98 Å². The van der Waals surface area contributed by atoms with Crippen molar-refractivity contribution in [3.05, 3.63) is 53.7 Å². The number of hydrogen-bond acceptors (Lipinski definition) is 6. The zero-order chi connectivity index (χ0) is 21.3. The minimum atomic E-state index is -0.930. The molecule has 3 rings (SSSR count). The van der Waals surface area contributed by atoms with Crippen LogP contribution in [0.4, 0.5) is 11.5 Å². The van der Waals surface area contributed by atoms with Gasteiger partial charge in [0.25, 0.3) is 5.91 Å². The Morgan fingerprint density at radius 2 is 2.00 bits per heavy atom. The molecule has 30 heavy (non-hydrogen) atoms. The highest BCUT2D eigenvalue weighted by atomic mass is 16.4. The van der Waals surface area contributed by atoms with Crippen LogP contribution in [0.5, 0.6) is 0 Å². The van der Waals surface area contributed by atoms with E-state index in [4.69, 9.17) is 5.11 Å². The number of pyridine rings is 1. The number of benzene rings is 1. The zero-order valence-electron chi connectivity index (χ0n) is 16.4. The summed E-state index contributed by atoms with van der Waals surface area (Å²) in [5.41, 5.74) is 1.81. The van der Waals surface area contributed by atoms with E-state index in [0.29, 0.717) is 16.9 Å². The van der Waals surface area contributed by atoms with Crippen molar-refractivity contribution in [3.63, 3.8) is 0 Å². The number of carbonyl (C=O) groups is 3. The summed E-state index contributed by atoms with van der Waals surface area (Å²) in [5, 5.41) is 17.2. The van der Waals surface area contributed by atoms with Gasteiger partial charge in [-0.15, -0.1) is 0 Å². The molecule has 1 aromatic carbocycles. The number of aromatic nitrogens is 1. The van der Waals surface area contributed by atoms with Gasteiger partial charge in [0.2, 0.25) is 5.91 Å². The number of nitrogens with zero attached hydrogens (tertiary/aromatic N) is 2. The minimum absolute atomic E-state index is 0.0674. The lowest BCUT2D eigenvalue weighted by molar-refractivity contribution is -0.136. The molecule has 9 heteroatoms. The molecule has 0 fully saturated rings. The second-order valence-electron chi connectivity index (χ2n) is 6.77. The first kappa shape index (κ1) is 21.0. The summed E-state index contributed by atoms with van der Waals surface area (Å²) in [6, 6.07) is 10.4. The molecule has 2 aromatic rings. The Balaban J connectivity index is 1.54. The second kappa shape index (κ2) is 10.1. The van der Waals surface area contributed by atoms with Crippen molar-refractivity contribution in [1.82, 2.24) is 10.3 Å². The van der Waals surface area contributed by atoms with Crippen molar-refractivity contribution in [3.8, 4) is 0 Å². The van der Waals surface area contributed by atoms with Gasteiger partial charge >= 0.3 is 5.97 Å². The quantitative estimate of drug-likeness (QED) is 0.528. The maximum Gasteiger partial charge on any atom is 0.303 e. The molecule has 0 unspecified atom stereocenters. The van der Waals surface area contributed by atoms with Crippen molar-refractivity contribution in [1.29, 1.82) is 0 Å². The number of rotatable bonds is 8. The average molecular weight is 409 g/mol. The molecule has 1 aliphatic rings. The summed E-state index contributed by atoms with van der Waals surface area (Å²) in [6.07, 6.45) is 3.59. The molecule has 0 saturated heterocycles. The number of amidine groups is 1. The summed E-state index contributed by atoms with van der Waals surface area (Å²) >= 11 is 0. The van der Waals surface area contributed by atoms with Gasteiger partial charge in [0.1, 0.15) is 11.7 Å². The summed E-state index contributed by atoms with van der Waals surface area (Å²) < 4.78 is 0. The van der Waals surface area contributed by atoms with E-state index in [9.17, 15) is 14.4 Å². The first-order chi connectivity index (χ1) is 14.5. The van der Waals surface area contributed by atoms with Gasteiger partial charge in [-0.2, -0.15) is 0 Å². The van der Waals surface area contributed by atoms with E-state index in [1.54, 1.807) is 30.3 Å². The van der Waals surface area contributed by atoms with Crippen LogP contribution in [0.2, 0.25) is 0 Å². The first-order valence-corrected chi connectivity index (χ1v) is 9.65. The third-order valence-electron chi connectivity index (χ3n) is 4.45. The number of amides is 2. The molecule has 0 saturated carbocycles. The van der Waals surface area contributed by atoms with E-state index in [1.165, 1.54) is 6.20 Å². The molecule has 0 spiro atoms. The number of hydrogen-bond donors (Lipinski definition) is 4. The fraction of sp³-hybridized carbons (Fsp3) is 0.286. The highest BCUT2D eigenvalue weighted by Gasteiger charge is 2.13. The number of aliphatic carboxylic acids is 1. The van der Waals surface area contributed by atoms with E-state index >= 15 is 0 Å². The predicted molar refractivity (Wildman–Crippen MR) is 113 cm³/mol. The largest absolute Gasteiger partial charge is 0.481 e. The lowest BCUT2D eigenvalue weighted by Crippen LogP contribution is -2.33. The molecule has 0 aliphatic carbocycles. The smallest absolute Gasteiger partial charge is 0.303 e. The van der Waals surface area contributed by atoms with Gasteiger partial charge < -0.3 is 21.1 Å². The maximum absolute atomic E-state index is 12.4. The summed E-state index contributed by atoms with van der Waals surface area (Å²) in [4.78, 5) is 43.8. The van der Waals surface area contributed by atoms with E-state index in [1.807, 2.05) is 6.07 Å². The van der Waals surface area contributed by atoms with Crippen LogP contribution in [0, 0.1) is 0 Å². The Labute approximate surface area is 173 Å². The molecule has 2 amide bonds. The molecule has 0 atom stereocenters. The molecule has 4 N–H and O–H groups in total. The van der Waals surface area contributed by atoms with Crippen LogP contribution in [0.25, 0.3) is 0 Å². The average Bonchev–Trinajstić information content (AvgIpc) is 3.24. The van der Waals surface area contributed by atoms with Crippen molar-refractivity contribution in [2.45, 2.75) is 25.7 Å². The fourth-order valence-electron chi connectivity index (χ4n) is 2.98. The highest BCUT2D eigenvalue weighted by Crippen LogP contribution is 2.15. The Bertz CT molecular complexity index is 973. The van der Waals surface area contributed by atoms with Gasteiger partial charge in [0.15, 0.2) is 0 Å². The number of carboxylic acid groups (broad SMARTS) is 1. The predicted octanol–water partition coefficient (Wildman–Crippen LogP) is 2.07. The molecule has 9 nitrogen and oxygen atoms in total. The van der Waals surface area contributed by atoms with E-state index in [0.717, 1.165) is 30.9 Å². The van der Waals surface area contributed by atoms with Crippen LogP contribution < -0.4 is 16.0 Å². The number of carbonyl (C=O) groups excluding carboxylic acids is 2. The molecule has 1 aliphatic heterocycles. The summed E-state index contributed by atoms with van der Waals surface area (Å²) in [5.74, 6) is -0.565. The van der Waals surface area contributed by atoms with E-state index in [2.05, 4.69) is 25.9 Å². The number of anilines is 2. The third-order valence-corrected chi connectivity index (χ3v) is 4.45. The van der Waals surface area contributed by atoms with Crippen LogP contribution in [-0.4, -0.2) is 46.8 Å². The lowest BCUT2D eigenvalue weighted by atomic mass is 10.1. The van der Waals surface area contributed by atoms with Crippen LogP contribution in [-0.2, 0) is 16.0 Å². The number of nitrogens with one attached hydrogen (secondary N) is 3. The monoisotopic (exact) mass is 409 g/mol. The third kappa shape index (κ3) is 6.13. The van der Waals surface area contributed by atoms with Crippen molar-refractivity contribution < 1.29 is 19.5 Å². The normalized spacial score (nSPS) is 12.7. The van der Waals surface area contributed by atoms with Gasteiger partial charge in [-0.05, 0) is 42.7 Å². The molecule has 1 aromatic heterocycles. The summed E-state index contributed by atoms with van der Waals surface area (Å²) in [7, 11) is 0. The molecular formula is C21H23N5O4. The molecule has 0 bridgehead atoms. The second-order valence-corrected chi connectivity index (χ2v) is 6.77. The minimum Gasteiger partial charge on any atom is -0.481 e. The number of carboxylic acids is 1. The van der Waals surface area contributed by atoms with Crippen LogP contribution in [0.1, 0.15) is 35.2 Å². The van der Waals surface area contributed by atoms with Crippen molar-refractivity contribution >= 4 is 35.1 Å². The summed E-state index contributed by atoms with van der Waals surface area (Å²) in [6.45, 7) is 0.573. The lowest BCUT2D eigenvalue weighted by Gasteiger charge is -2.11. The van der Waals surface area contributed by atoms with Gasteiger partial charge in [0, 0.05) is 36.8 Å². The Kier molecular flexibility index (Phi) is 7.09. The zero-order valence-corrected chi connectivity index (χ0v) is 16.4. The Morgan fingerprint density at radius 3 is 2.77 bits per heavy atom. The number of aryl methyl sites for hydroxylation is 1. The van der Waals surface area contributed by atoms with Crippen molar-refractivity contribution in [2.75, 3.05) is 23.7 Å². The van der Waals surface area contributed by atoms with Gasteiger partial charge in [-0.1, -0.05) is 12.1 Å². The topological polar surface area (TPSA) is 133 Å². The van der Waals surface area contributed by atoms with Crippen LogP contribution in [0.15, 0.2) is 47.6 Å². The van der Waals surface area contributed by atoms with Crippen molar-refractivity contribution in [2.24, 2.45) is 4.99 Å². The first-order valence-electron chi connectivity index (χ1n) is 9.65. The van der Waals surface area contributed by atoms with Gasteiger partial charge in [-0.3, -0.25) is 19.4 Å². The molecule has 156 valence electrons. The van der Waals surface area contributed by atoms with Crippen LogP contribution in [0.3, 0.4) is 0 Å². The van der Waals surface area contributed by atoms with Crippen LogP contribution >= 0.6 is 0 Å². The SMILES string of the molecule is O=C(O)CCc1cccnc1NC(=O)CNC(=O)c1cccc(NC2=NCCC2)c1. The Hall–Kier alpha value is -3.75. The van der Waals surface area contributed by atoms with E-state index in [-0.39, 0.29) is 25.3 Å². The van der Waals surface area contributed by atoms with E-state index < -0.39 is 11.9 Å². The molecule has 0 radical (unpaired) electrons. The maximum atomic E-state index is 12.4. The fourth-order valence-corrected chi connectivity index (χ4v) is 2.98. The Morgan fingerprint density at radius 1 is 1.13 bits per heavy atom. The molecular weight excluding hydrogens is 386 g/mol. The van der Waals surface area contributed by atoms with Gasteiger partial charge in [0.05, 0.1) is 6.54 Å².